The average Bonchev–Trinajstić information content (AvgIpc) is 2.90. The Morgan fingerprint density at radius 2 is 1.36 bits per heavy atom. The summed E-state index contributed by atoms with van der Waals surface area (Å²) < 4.78 is 128. The molecule has 0 radical (unpaired) electrons. The number of aliphatic carboxylic acids is 1. The topological polar surface area (TPSA) is 88.4 Å². The monoisotopic (exact) mass is 413 g/mol. The number of carbonyl (C=O) groups excluding carboxylic acids is 1. The van der Waals surface area contributed by atoms with Gasteiger partial charge in [0.25, 0.3) is 0 Å². The summed E-state index contributed by atoms with van der Waals surface area (Å²) in [5, 5.41) is 3.61. The van der Waals surface area contributed by atoms with Crippen molar-refractivity contribution in [1.82, 2.24) is 3.97 Å². The van der Waals surface area contributed by atoms with Crippen molar-refractivity contribution in [2.75, 3.05) is 0 Å². The molecular weight excluding hydrogens is 409 g/mol. The van der Waals surface area contributed by atoms with Crippen molar-refractivity contribution in [3.05, 3.63) is 24.5 Å². The van der Waals surface area contributed by atoms with Gasteiger partial charge >= 0.3 is 63.0 Å². The number of rotatable bonds is 6. The van der Waals surface area contributed by atoms with Crippen molar-refractivity contribution in [1.29, 1.82) is 0 Å². The molecule has 0 bridgehead atoms. The van der Waals surface area contributed by atoms with Crippen LogP contribution < -0.4 is 34.7 Å². The van der Waals surface area contributed by atoms with E-state index in [4.69, 9.17) is 0 Å². The van der Waals surface area contributed by atoms with Crippen LogP contribution in [0.15, 0.2) is 24.5 Å². The molecule has 1 unspecified atom stereocenters. The van der Waals surface area contributed by atoms with E-state index in [2.05, 4.69) is 4.74 Å². The van der Waals surface area contributed by atoms with Crippen molar-refractivity contribution >= 4 is 16.0 Å². The van der Waals surface area contributed by atoms with Crippen LogP contribution in [-0.4, -0.2) is 41.8 Å². The van der Waals surface area contributed by atoms with E-state index in [-0.39, 0.29) is 29.6 Å². The van der Waals surface area contributed by atoms with E-state index in [1.54, 1.807) is 0 Å². The molecule has 0 saturated carbocycles. The summed E-state index contributed by atoms with van der Waals surface area (Å²) in [6, 6.07) is 1.56. The normalized spacial score (nSPS) is 16.0. The number of hydrogen-bond donors (Lipinski definition) is 0. The van der Waals surface area contributed by atoms with Gasteiger partial charge in [0, 0.05) is 12.4 Å². The van der Waals surface area contributed by atoms with E-state index < -0.39 is 43.4 Å². The molecule has 1 aromatic rings. The third-order valence-electron chi connectivity index (χ3n) is 2.41. The third kappa shape index (κ3) is 3.94. The number of alkyl halides is 8. The number of carbonyl (C=O) groups is 1. The Balaban J connectivity index is 0.00000576. The molecule has 0 aliphatic heterocycles. The SMILES string of the molecule is O=C([O-])C(F)(OC(F)(F)C(F)(F)S(=O)(=O)n1cccc1)C(F)(F)F.[Na+]. The van der Waals surface area contributed by atoms with Crippen molar-refractivity contribution in [3.8, 4) is 0 Å². The average molecular weight is 413 g/mol. The zero-order valence-corrected chi connectivity index (χ0v) is 14.5. The number of carboxylic acid groups (broad SMARTS) is 1. The van der Waals surface area contributed by atoms with E-state index in [1.165, 1.54) is 0 Å². The summed E-state index contributed by atoms with van der Waals surface area (Å²) >= 11 is 0. The van der Waals surface area contributed by atoms with Crippen LogP contribution in [0.5, 0.6) is 0 Å². The van der Waals surface area contributed by atoms with Gasteiger partial charge in [-0.05, 0) is 12.1 Å². The molecule has 1 heterocycles. The van der Waals surface area contributed by atoms with E-state index >= 15 is 0 Å². The maximum Gasteiger partial charge on any atom is 1.00 e. The van der Waals surface area contributed by atoms with Crippen LogP contribution in [0.3, 0.4) is 0 Å². The Labute approximate surface area is 155 Å². The van der Waals surface area contributed by atoms with Gasteiger partial charge in [-0.1, -0.05) is 0 Å². The number of ether oxygens (including phenoxy) is 1. The second-order valence-electron chi connectivity index (χ2n) is 4.03. The largest absolute Gasteiger partial charge is 1.00 e. The first kappa shape index (κ1) is 24.1. The van der Waals surface area contributed by atoms with Gasteiger partial charge in [0.2, 0.25) is 0 Å². The summed E-state index contributed by atoms with van der Waals surface area (Å²) in [5.74, 6) is -10.4. The first-order valence-corrected chi connectivity index (χ1v) is 6.75. The molecule has 16 heteroatoms. The Hall–Kier alpha value is -0.900. The molecular formula is C9H4F8NNaO5S. The summed E-state index contributed by atoms with van der Waals surface area (Å²) in [4.78, 5) is 10.1. The molecule has 0 aliphatic carbocycles. The smallest absolute Gasteiger partial charge is 0.544 e. The summed E-state index contributed by atoms with van der Waals surface area (Å²) in [6.45, 7) is 0. The number of nitrogens with zero attached hydrogens (tertiary/aromatic N) is 1. The van der Waals surface area contributed by atoms with Gasteiger partial charge in [-0.25, -0.2) is 3.97 Å². The molecule has 0 saturated heterocycles. The van der Waals surface area contributed by atoms with Gasteiger partial charge in [0.15, 0.2) is 0 Å². The minimum atomic E-state index is -6.78. The van der Waals surface area contributed by atoms with Gasteiger partial charge in [-0.3, -0.25) is 4.74 Å². The molecule has 1 rings (SSSR count). The van der Waals surface area contributed by atoms with E-state index in [9.17, 15) is 53.4 Å². The maximum absolute atomic E-state index is 13.5. The van der Waals surface area contributed by atoms with Crippen LogP contribution in [0, 0.1) is 0 Å². The molecule has 0 fully saturated rings. The van der Waals surface area contributed by atoms with Crippen LogP contribution in [0.1, 0.15) is 0 Å². The minimum absolute atomic E-state index is 0. The van der Waals surface area contributed by atoms with Gasteiger partial charge < -0.3 is 9.90 Å². The number of halogens is 8. The Bertz CT molecular complexity index is 719. The van der Waals surface area contributed by atoms with Crippen LogP contribution in [-0.2, 0) is 19.6 Å². The molecule has 0 N–H and O–H groups in total. The Morgan fingerprint density at radius 3 is 1.68 bits per heavy atom. The van der Waals surface area contributed by atoms with E-state index in [0.29, 0.717) is 12.4 Å². The quantitative estimate of drug-likeness (QED) is 0.392. The first-order valence-electron chi connectivity index (χ1n) is 5.31. The first-order chi connectivity index (χ1) is 10.5. The molecule has 0 amide bonds. The van der Waals surface area contributed by atoms with Gasteiger partial charge in [-0.2, -0.15) is 43.5 Å². The molecule has 0 aliphatic rings. The van der Waals surface area contributed by atoms with Gasteiger partial charge in [0.05, 0.1) is 0 Å². The minimum Gasteiger partial charge on any atom is -0.544 e. The number of aromatic nitrogens is 1. The summed E-state index contributed by atoms with van der Waals surface area (Å²) in [5.41, 5.74) is 0. The van der Waals surface area contributed by atoms with Gasteiger partial charge in [0.1, 0.15) is 5.97 Å². The van der Waals surface area contributed by atoms with Crippen molar-refractivity contribution in [2.45, 2.75) is 23.4 Å². The zero-order valence-electron chi connectivity index (χ0n) is 11.7. The molecule has 138 valence electrons. The maximum atomic E-state index is 13.5. The Morgan fingerprint density at radius 1 is 0.960 bits per heavy atom. The van der Waals surface area contributed by atoms with Crippen LogP contribution >= 0.6 is 0 Å². The third-order valence-corrected chi connectivity index (χ3v) is 4.10. The molecule has 6 nitrogen and oxygen atoms in total. The molecule has 25 heavy (non-hydrogen) atoms. The molecule has 1 aromatic heterocycles. The predicted molar refractivity (Wildman–Crippen MR) is 54.6 cm³/mol. The van der Waals surface area contributed by atoms with E-state index in [0.717, 1.165) is 12.1 Å². The van der Waals surface area contributed by atoms with Crippen LogP contribution in [0.4, 0.5) is 35.1 Å². The fraction of sp³-hybridized carbons (Fsp3) is 0.444. The summed E-state index contributed by atoms with van der Waals surface area (Å²) in [6.07, 6.45) is -12.9. The van der Waals surface area contributed by atoms with Crippen LogP contribution in [0.2, 0.25) is 0 Å². The second kappa shape index (κ2) is 7.02. The fourth-order valence-corrected chi connectivity index (χ4v) is 2.28. The Kier molecular flexibility index (Phi) is 6.76. The molecule has 1 atom stereocenters. The summed E-state index contributed by atoms with van der Waals surface area (Å²) in [7, 11) is -6.44. The number of carboxylic acids is 1. The molecule has 0 spiro atoms. The fourth-order valence-electron chi connectivity index (χ4n) is 1.21. The van der Waals surface area contributed by atoms with E-state index in [1.807, 2.05) is 0 Å². The van der Waals surface area contributed by atoms with Crippen molar-refractivity contribution < 1.29 is 87.7 Å². The zero-order chi connectivity index (χ0) is 19.2. The standard InChI is InChI=1S/C9H5F8NO5S.Na/c10-6(5(19)20,7(11,12)13)23-8(14,15)9(16,17)24(21,22)18-3-1-2-4-18;/h1-4H,(H,19,20);/q;+1/p-1. The van der Waals surface area contributed by atoms with Crippen molar-refractivity contribution in [3.63, 3.8) is 0 Å². The number of hydrogen-bond acceptors (Lipinski definition) is 5. The van der Waals surface area contributed by atoms with Crippen LogP contribution in [0.25, 0.3) is 0 Å². The molecule has 0 aromatic carbocycles. The predicted octanol–water partition coefficient (Wildman–Crippen LogP) is -2.15. The van der Waals surface area contributed by atoms with Gasteiger partial charge in [-0.15, -0.1) is 0 Å². The second-order valence-corrected chi connectivity index (χ2v) is 5.92. The van der Waals surface area contributed by atoms with Crippen molar-refractivity contribution in [2.24, 2.45) is 0 Å².